The molecule has 1 N–H and O–H groups in total. The van der Waals surface area contributed by atoms with Gasteiger partial charge in [0.2, 0.25) is 0 Å². The first-order chi connectivity index (χ1) is 11.5. The molecule has 2 aromatic rings. The predicted octanol–water partition coefficient (Wildman–Crippen LogP) is 2.47. The van der Waals surface area contributed by atoms with Crippen LogP contribution >= 0.6 is 0 Å². The van der Waals surface area contributed by atoms with Crippen LogP contribution < -0.4 is 5.32 Å². The van der Waals surface area contributed by atoms with E-state index in [1.807, 2.05) is 26.0 Å². The summed E-state index contributed by atoms with van der Waals surface area (Å²) in [5.74, 6) is -0.737. The van der Waals surface area contributed by atoms with Gasteiger partial charge in [0.25, 0.3) is 5.91 Å². The van der Waals surface area contributed by atoms with Crippen LogP contribution in [0.4, 0.5) is 0 Å². The van der Waals surface area contributed by atoms with Gasteiger partial charge in [-0.1, -0.05) is 0 Å². The zero-order valence-electron chi connectivity index (χ0n) is 13.8. The van der Waals surface area contributed by atoms with Gasteiger partial charge in [0, 0.05) is 24.1 Å². The molecule has 2 aliphatic rings. The molecule has 6 heteroatoms. The summed E-state index contributed by atoms with van der Waals surface area (Å²) in [7, 11) is 0. The monoisotopic (exact) mass is 331 g/mol. The minimum Gasteiger partial charge on any atom is -0.464 e. The predicted molar refractivity (Wildman–Crippen MR) is 86.7 cm³/mol. The first kappa shape index (κ1) is 15.6. The number of ether oxygens (including phenoxy) is 3. The summed E-state index contributed by atoms with van der Waals surface area (Å²) in [6.07, 6.45) is 2.10. The number of fused-ring (bicyclic) bond motifs is 2. The van der Waals surface area contributed by atoms with Crippen LogP contribution in [-0.4, -0.2) is 43.2 Å². The lowest BCUT2D eigenvalue weighted by molar-refractivity contribution is -0.153. The normalized spacial score (nSPS) is 28.7. The molecule has 4 rings (SSSR count). The molecule has 128 valence electrons. The average molecular weight is 331 g/mol. The fourth-order valence-electron chi connectivity index (χ4n) is 3.41. The molecule has 2 saturated heterocycles. The Hall–Kier alpha value is -1.89. The van der Waals surface area contributed by atoms with Crippen molar-refractivity contribution < 1.29 is 23.4 Å². The van der Waals surface area contributed by atoms with Crippen molar-refractivity contribution in [1.82, 2.24) is 5.32 Å². The van der Waals surface area contributed by atoms with Crippen molar-refractivity contribution in [2.24, 2.45) is 0 Å². The standard InChI is InChI=1S/C18H21NO5/c1-18(2)23-14-6-8-22-15(16(14)24-18)10-19-17(20)12-3-4-13-11(9-12)5-7-21-13/h3-5,7,9,14-16H,6,8,10H2,1-2H3,(H,19,20). The third-order valence-corrected chi connectivity index (χ3v) is 4.50. The molecule has 0 saturated carbocycles. The van der Waals surface area contributed by atoms with Crippen LogP contribution in [0.5, 0.6) is 0 Å². The minimum absolute atomic E-state index is 0.0259. The number of carbonyl (C=O) groups is 1. The first-order valence-electron chi connectivity index (χ1n) is 8.24. The number of carbonyl (C=O) groups excluding carboxylic acids is 1. The second kappa shape index (κ2) is 5.88. The number of amides is 1. The second-order valence-electron chi connectivity index (χ2n) is 6.72. The Kier molecular flexibility index (Phi) is 3.83. The van der Waals surface area contributed by atoms with Gasteiger partial charge in [0.15, 0.2) is 5.79 Å². The van der Waals surface area contributed by atoms with Gasteiger partial charge in [-0.25, -0.2) is 0 Å². The lowest BCUT2D eigenvalue weighted by atomic mass is 10.0. The highest BCUT2D eigenvalue weighted by Crippen LogP contribution is 2.35. The number of nitrogens with one attached hydrogen (secondary N) is 1. The zero-order valence-corrected chi connectivity index (χ0v) is 13.8. The van der Waals surface area contributed by atoms with Crippen molar-refractivity contribution in [1.29, 1.82) is 0 Å². The minimum atomic E-state index is -0.600. The van der Waals surface area contributed by atoms with Crippen molar-refractivity contribution in [2.75, 3.05) is 13.2 Å². The molecule has 0 bridgehead atoms. The van der Waals surface area contributed by atoms with Crippen molar-refractivity contribution in [3.8, 4) is 0 Å². The van der Waals surface area contributed by atoms with Crippen LogP contribution in [0, 0.1) is 0 Å². The Labute approximate surface area is 140 Å². The van der Waals surface area contributed by atoms with Crippen LogP contribution in [0.1, 0.15) is 30.6 Å². The van der Waals surface area contributed by atoms with E-state index in [1.165, 1.54) is 0 Å². The van der Waals surface area contributed by atoms with Crippen LogP contribution in [0.3, 0.4) is 0 Å². The van der Waals surface area contributed by atoms with Gasteiger partial charge in [-0.15, -0.1) is 0 Å². The molecular weight excluding hydrogens is 310 g/mol. The Balaban J connectivity index is 1.41. The van der Waals surface area contributed by atoms with E-state index in [2.05, 4.69) is 5.32 Å². The molecule has 0 aliphatic carbocycles. The van der Waals surface area contributed by atoms with Crippen LogP contribution in [0.2, 0.25) is 0 Å². The van der Waals surface area contributed by atoms with E-state index >= 15 is 0 Å². The Morgan fingerprint density at radius 2 is 2.17 bits per heavy atom. The molecular formula is C18H21NO5. The van der Waals surface area contributed by atoms with Gasteiger partial charge in [-0.3, -0.25) is 4.79 Å². The molecule has 24 heavy (non-hydrogen) atoms. The van der Waals surface area contributed by atoms with Crippen molar-refractivity contribution >= 4 is 16.9 Å². The first-order valence-corrected chi connectivity index (χ1v) is 8.24. The highest BCUT2D eigenvalue weighted by molar-refractivity contribution is 5.97. The largest absolute Gasteiger partial charge is 0.464 e. The fraction of sp³-hybridized carbons (Fsp3) is 0.500. The third kappa shape index (κ3) is 2.92. The second-order valence-corrected chi connectivity index (χ2v) is 6.72. The van der Waals surface area contributed by atoms with Crippen LogP contribution in [0.25, 0.3) is 11.0 Å². The molecule has 3 atom stereocenters. The van der Waals surface area contributed by atoms with Gasteiger partial charge < -0.3 is 23.9 Å². The molecule has 3 heterocycles. The fourth-order valence-corrected chi connectivity index (χ4v) is 3.41. The Morgan fingerprint density at radius 1 is 1.29 bits per heavy atom. The maximum absolute atomic E-state index is 12.4. The van der Waals surface area contributed by atoms with E-state index in [9.17, 15) is 4.79 Å². The van der Waals surface area contributed by atoms with Gasteiger partial charge in [-0.2, -0.15) is 0 Å². The Morgan fingerprint density at radius 3 is 3.04 bits per heavy atom. The number of hydrogen-bond acceptors (Lipinski definition) is 5. The Bertz CT molecular complexity index is 753. The van der Waals surface area contributed by atoms with E-state index in [0.29, 0.717) is 18.7 Å². The summed E-state index contributed by atoms with van der Waals surface area (Å²) >= 11 is 0. The highest BCUT2D eigenvalue weighted by atomic mass is 16.8. The lowest BCUT2D eigenvalue weighted by Crippen LogP contribution is -2.48. The number of furan rings is 1. The number of benzene rings is 1. The summed E-state index contributed by atoms with van der Waals surface area (Å²) in [4.78, 5) is 12.4. The summed E-state index contributed by atoms with van der Waals surface area (Å²) in [5, 5.41) is 3.84. The maximum Gasteiger partial charge on any atom is 0.251 e. The van der Waals surface area contributed by atoms with E-state index in [4.69, 9.17) is 18.6 Å². The topological polar surface area (TPSA) is 69.9 Å². The van der Waals surface area contributed by atoms with Gasteiger partial charge in [0.1, 0.15) is 17.8 Å². The summed E-state index contributed by atoms with van der Waals surface area (Å²) in [6.45, 7) is 4.81. The molecule has 1 aromatic heterocycles. The SMILES string of the molecule is CC1(C)OC2CCOC(CNC(=O)c3ccc4occc4c3)C2O1. The lowest BCUT2D eigenvalue weighted by Gasteiger charge is -2.31. The van der Waals surface area contributed by atoms with Crippen molar-refractivity contribution in [3.63, 3.8) is 0 Å². The average Bonchev–Trinajstić information content (AvgIpc) is 3.13. The van der Waals surface area contributed by atoms with E-state index in [1.54, 1.807) is 18.4 Å². The van der Waals surface area contributed by atoms with Crippen molar-refractivity contribution in [3.05, 3.63) is 36.1 Å². The molecule has 0 radical (unpaired) electrons. The summed E-state index contributed by atoms with van der Waals surface area (Å²) in [6, 6.07) is 7.21. The number of rotatable bonds is 3. The van der Waals surface area contributed by atoms with Gasteiger partial charge >= 0.3 is 0 Å². The molecule has 6 nitrogen and oxygen atoms in total. The summed E-state index contributed by atoms with van der Waals surface area (Å²) in [5.41, 5.74) is 1.36. The van der Waals surface area contributed by atoms with Gasteiger partial charge in [0.05, 0.1) is 12.4 Å². The quantitative estimate of drug-likeness (QED) is 0.936. The van der Waals surface area contributed by atoms with Crippen molar-refractivity contribution in [2.45, 2.75) is 44.4 Å². The molecule has 0 spiro atoms. The highest BCUT2D eigenvalue weighted by Gasteiger charge is 2.47. The van der Waals surface area contributed by atoms with E-state index < -0.39 is 5.79 Å². The molecule has 1 aromatic carbocycles. The van der Waals surface area contributed by atoms with Gasteiger partial charge in [-0.05, 0) is 44.5 Å². The third-order valence-electron chi connectivity index (χ3n) is 4.50. The molecule has 2 aliphatic heterocycles. The molecule has 2 fully saturated rings. The smallest absolute Gasteiger partial charge is 0.251 e. The molecule has 3 unspecified atom stereocenters. The zero-order chi connectivity index (χ0) is 16.7. The van der Waals surface area contributed by atoms with Crippen LogP contribution in [0.15, 0.2) is 34.9 Å². The summed E-state index contributed by atoms with van der Waals surface area (Å²) < 4.78 is 22.9. The number of hydrogen-bond donors (Lipinski definition) is 1. The van der Waals surface area contributed by atoms with Crippen LogP contribution in [-0.2, 0) is 14.2 Å². The van der Waals surface area contributed by atoms with E-state index in [-0.39, 0.29) is 24.2 Å². The maximum atomic E-state index is 12.4. The molecule has 1 amide bonds. The van der Waals surface area contributed by atoms with E-state index in [0.717, 1.165) is 17.4 Å².